The number of hydrogen-bond donors (Lipinski definition) is 3. The van der Waals surface area contributed by atoms with Crippen molar-refractivity contribution >= 4 is 17.8 Å². The first-order valence-corrected chi connectivity index (χ1v) is 8.37. The second-order valence-electron chi connectivity index (χ2n) is 6.57. The van der Waals surface area contributed by atoms with Crippen LogP contribution in [0.3, 0.4) is 0 Å². The minimum Gasteiger partial charge on any atom is -0.481 e. The summed E-state index contributed by atoms with van der Waals surface area (Å²) in [4.78, 5) is 23.3. The molecule has 8 nitrogen and oxygen atoms in total. The molecule has 2 amide bonds. The first kappa shape index (κ1) is 17.1. The van der Waals surface area contributed by atoms with Crippen molar-refractivity contribution in [3.8, 4) is 11.5 Å². The van der Waals surface area contributed by atoms with Gasteiger partial charge in [-0.3, -0.25) is 10.1 Å². The van der Waals surface area contributed by atoms with E-state index in [2.05, 4.69) is 15.7 Å². The smallest absolute Gasteiger partial charge is 0.320 e. The summed E-state index contributed by atoms with van der Waals surface area (Å²) in [5.74, 6) is 0.0114. The van der Waals surface area contributed by atoms with Gasteiger partial charge in [0.25, 0.3) is 0 Å². The molecule has 2 aromatic heterocycles. The number of rotatable bonds is 5. The maximum Gasteiger partial charge on any atom is 0.320 e. The van der Waals surface area contributed by atoms with Crippen molar-refractivity contribution in [2.45, 2.75) is 45.2 Å². The van der Waals surface area contributed by atoms with Crippen LogP contribution in [0.2, 0.25) is 0 Å². The molecular weight excluding hydrogens is 324 g/mol. The molecule has 1 aliphatic rings. The summed E-state index contributed by atoms with van der Waals surface area (Å²) in [5.41, 5.74) is 0.640. The minimum absolute atomic E-state index is 0.0573. The molecule has 0 aliphatic heterocycles. The highest BCUT2D eigenvalue weighted by molar-refractivity contribution is 5.89. The quantitative estimate of drug-likeness (QED) is 0.770. The van der Waals surface area contributed by atoms with Gasteiger partial charge in [-0.2, -0.15) is 5.10 Å². The van der Waals surface area contributed by atoms with E-state index in [1.807, 2.05) is 13.8 Å². The predicted molar refractivity (Wildman–Crippen MR) is 91.2 cm³/mol. The van der Waals surface area contributed by atoms with Crippen LogP contribution in [0.5, 0.6) is 0 Å². The summed E-state index contributed by atoms with van der Waals surface area (Å²) >= 11 is 0. The Labute approximate surface area is 145 Å². The second kappa shape index (κ2) is 7.00. The average Bonchev–Trinajstić information content (AvgIpc) is 3.26. The molecule has 0 aromatic carbocycles. The number of carboxylic acid groups (broad SMARTS) is 1. The van der Waals surface area contributed by atoms with Crippen LogP contribution in [-0.2, 0) is 4.79 Å². The van der Waals surface area contributed by atoms with Crippen molar-refractivity contribution in [3.05, 3.63) is 24.5 Å². The van der Waals surface area contributed by atoms with Crippen molar-refractivity contribution < 1.29 is 19.1 Å². The zero-order valence-electron chi connectivity index (χ0n) is 14.2. The van der Waals surface area contributed by atoms with Crippen molar-refractivity contribution in [2.24, 2.45) is 5.92 Å². The lowest BCUT2D eigenvalue weighted by Gasteiger charge is -2.15. The van der Waals surface area contributed by atoms with Crippen LogP contribution >= 0.6 is 0 Å². The van der Waals surface area contributed by atoms with Crippen LogP contribution in [0, 0.1) is 5.92 Å². The van der Waals surface area contributed by atoms with Gasteiger partial charge < -0.3 is 14.8 Å². The maximum absolute atomic E-state index is 12.3. The molecule has 0 spiro atoms. The molecule has 0 unspecified atom stereocenters. The number of carboxylic acids is 1. The lowest BCUT2D eigenvalue weighted by molar-refractivity contribution is -0.141. The molecular formula is C17H22N4O4. The monoisotopic (exact) mass is 346 g/mol. The molecule has 2 atom stereocenters. The number of furan rings is 1. The Balaban J connectivity index is 1.67. The Kier molecular flexibility index (Phi) is 4.78. The first-order valence-electron chi connectivity index (χ1n) is 8.37. The van der Waals surface area contributed by atoms with Crippen LogP contribution in [0.4, 0.5) is 10.6 Å². The van der Waals surface area contributed by atoms with E-state index < -0.39 is 5.97 Å². The third-order valence-corrected chi connectivity index (χ3v) is 4.36. The number of amides is 2. The van der Waals surface area contributed by atoms with E-state index in [1.165, 1.54) is 0 Å². The molecule has 2 heterocycles. The van der Waals surface area contributed by atoms with Crippen LogP contribution < -0.4 is 10.6 Å². The van der Waals surface area contributed by atoms with Crippen LogP contribution in [-0.4, -0.2) is 32.9 Å². The molecule has 0 saturated heterocycles. The topological polar surface area (TPSA) is 109 Å². The molecule has 3 rings (SSSR count). The largest absolute Gasteiger partial charge is 0.481 e. The van der Waals surface area contributed by atoms with Crippen LogP contribution in [0.25, 0.3) is 11.5 Å². The molecule has 2 aromatic rings. The van der Waals surface area contributed by atoms with Crippen molar-refractivity contribution in [1.29, 1.82) is 0 Å². The fraction of sp³-hybridized carbons (Fsp3) is 0.471. The summed E-state index contributed by atoms with van der Waals surface area (Å²) in [7, 11) is 0. The van der Waals surface area contributed by atoms with Crippen molar-refractivity contribution in [2.75, 3.05) is 5.32 Å². The van der Waals surface area contributed by atoms with Gasteiger partial charge in [-0.15, -0.1) is 0 Å². The van der Waals surface area contributed by atoms with Gasteiger partial charge in [-0.25, -0.2) is 9.48 Å². The van der Waals surface area contributed by atoms with Crippen molar-refractivity contribution in [3.63, 3.8) is 0 Å². The summed E-state index contributed by atoms with van der Waals surface area (Å²) in [5, 5.41) is 19.2. The summed E-state index contributed by atoms with van der Waals surface area (Å²) in [6.45, 7) is 3.94. The van der Waals surface area contributed by atoms with E-state index in [9.17, 15) is 9.59 Å². The van der Waals surface area contributed by atoms with E-state index in [1.54, 1.807) is 29.1 Å². The number of urea groups is 1. The zero-order valence-corrected chi connectivity index (χ0v) is 14.2. The first-order chi connectivity index (χ1) is 11.9. The number of aromatic nitrogens is 2. The van der Waals surface area contributed by atoms with E-state index >= 15 is 0 Å². The van der Waals surface area contributed by atoms with Crippen LogP contribution in [0.1, 0.15) is 39.2 Å². The highest BCUT2D eigenvalue weighted by Gasteiger charge is 2.30. The van der Waals surface area contributed by atoms with Gasteiger partial charge in [-0.05, 0) is 45.2 Å². The minimum atomic E-state index is -0.800. The number of carbonyl (C=O) groups is 2. The molecule has 3 N–H and O–H groups in total. The lowest BCUT2D eigenvalue weighted by Crippen LogP contribution is -2.37. The summed E-state index contributed by atoms with van der Waals surface area (Å²) < 4.78 is 7.07. The fourth-order valence-electron chi connectivity index (χ4n) is 3.10. The Morgan fingerprint density at radius 2 is 2.20 bits per heavy atom. The molecule has 0 bridgehead atoms. The third kappa shape index (κ3) is 3.84. The fourth-order valence-corrected chi connectivity index (χ4v) is 3.10. The third-order valence-electron chi connectivity index (χ3n) is 4.36. The molecule has 1 saturated carbocycles. The highest BCUT2D eigenvalue weighted by atomic mass is 16.4. The zero-order chi connectivity index (χ0) is 18.0. The van der Waals surface area contributed by atoms with Gasteiger partial charge in [0.05, 0.1) is 12.2 Å². The number of nitrogens with one attached hydrogen (secondary N) is 2. The van der Waals surface area contributed by atoms with Gasteiger partial charge in [0, 0.05) is 18.2 Å². The van der Waals surface area contributed by atoms with Gasteiger partial charge in [0.15, 0.2) is 5.76 Å². The highest BCUT2D eigenvalue weighted by Crippen LogP contribution is 2.27. The Morgan fingerprint density at radius 3 is 2.80 bits per heavy atom. The maximum atomic E-state index is 12.3. The van der Waals surface area contributed by atoms with E-state index in [4.69, 9.17) is 9.52 Å². The number of nitrogens with zero attached hydrogens (tertiary/aromatic N) is 2. The SMILES string of the molecule is CC(C)n1nc(-c2ccco2)cc1NC(=O)N[C@@H]1CC[C@H](C(=O)O)C1. The molecule has 0 radical (unpaired) electrons. The number of hydrogen-bond acceptors (Lipinski definition) is 4. The normalized spacial score (nSPS) is 20.0. The number of aliphatic carboxylic acids is 1. The summed E-state index contributed by atoms with van der Waals surface area (Å²) in [6.07, 6.45) is 3.30. The lowest BCUT2D eigenvalue weighted by atomic mass is 10.1. The van der Waals surface area contributed by atoms with Gasteiger partial charge in [-0.1, -0.05) is 0 Å². The Hall–Kier alpha value is -2.77. The molecule has 1 aliphatic carbocycles. The number of carbonyl (C=O) groups excluding carboxylic acids is 1. The predicted octanol–water partition coefficient (Wildman–Crippen LogP) is 3.10. The molecule has 134 valence electrons. The van der Waals surface area contributed by atoms with Gasteiger partial charge in [0.1, 0.15) is 11.5 Å². The molecule has 25 heavy (non-hydrogen) atoms. The van der Waals surface area contributed by atoms with E-state index in [0.29, 0.717) is 36.5 Å². The second-order valence-corrected chi connectivity index (χ2v) is 6.57. The average molecular weight is 346 g/mol. The molecule has 8 heteroatoms. The van der Waals surface area contributed by atoms with E-state index in [0.717, 1.165) is 0 Å². The Morgan fingerprint density at radius 1 is 1.40 bits per heavy atom. The van der Waals surface area contributed by atoms with E-state index in [-0.39, 0.29) is 24.0 Å². The number of anilines is 1. The Bertz CT molecular complexity index is 751. The summed E-state index contributed by atoms with van der Waals surface area (Å²) in [6, 6.07) is 4.92. The standard InChI is InChI=1S/C17H22N4O4/c1-10(2)21-15(9-13(20-21)14-4-3-7-25-14)19-17(24)18-12-6-5-11(8-12)16(22)23/h3-4,7,9-12H,5-6,8H2,1-2H3,(H,22,23)(H2,18,19,24)/t11-,12+/m0/s1. The van der Waals surface area contributed by atoms with Crippen molar-refractivity contribution in [1.82, 2.24) is 15.1 Å². The molecule has 1 fully saturated rings. The van der Waals surface area contributed by atoms with Crippen LogP contribution in [0.15, 0.2) is 28.9 Å². The van der Waals surface area contributed by atoms with Gasteiger partial charge >= 0.3 is 12.0 Å². The van der Waals surface area contributed by atoms with Gasteiger partial charge in [0.2, 0.25) is 0 Å².